The summed E-state index contributed by atoms with van der Waals surface area (Å²) in [6.07, 6.45) is 3.43. The Balaban J connectivity index is 2.10. The summed E-state index contributed by atoms with van der Waals surface area (Å²) in [5.41, 5.74) is 1.10. The number of hydrogen-bond acceptors (Lipinski definition) is 4. The maximum Gasteiger partial charge on any atom is 0.336 e. The molecule has 2 rings (SSSR count). The highest BCUT2D eigenvalue weighted by molar-refractivity contribution is 5.89. The third kappa shape index (κ3) is 4.78. The van der Waals surface area contributed by atoms with E-state index in [2.05, 4.69) is 0 Å². The molecule has 0 saturated carbocycles. The fraction of sp³-hybridized carbons (Fsp3) is 0.111. The second-order valence-electron chi connectivity index (χ2n) is 4.56. The molecule has 4 nitrogen and oxygen atoms in total. The van der Waals surface area contributed by atoms with Crippen LogP contribution in [0.3, 0.4) is 0 Å². The molecule has 5 heteroatoms. The van der Waals surface area contributed by atoms with Gasteiger partial charge in [-0.2, -0.15) is 0 Å². The molecule has 0 aliphatic heterocycles. The number of carbonyl (C=O) groups excluding carboxylic acids is 2. The molecule has 0 unspecified atom stereocenters. The summed E-state index contributed by atoms with van der Waals surface area (Å²) in [6, 6.07) is 10.2. The molecule has 0 heterocycles. The zero-order valence-electron chi connectivity index (χ0n) is 12.5. The van der Waals surface area contributed by atoms with Crippen LogP contribution in [0.4, 0.5) is 4.39 Å². The van der Waals surface area contributed by atoms with Gasteiger partial charge in [0.15, 0.2) is 11.5 Å². The molecule has 0 bridgehead atoms. The SMILES string of the molecule is CCOc1cc(C=O)ccc1OC(=O)/C=C/c1ccc(F)cc1. The van der Waals surface area contributed by atoms with Crippen LogP contribution < -0.4 is 9.47 Å². The summed E-state index contributed by atoms with van der Waals surface area (Å²) in [7, 11) is 0. The van der Waals surface area contributed by atoms with E-state index in [1.54, 1.807) is 19.1 Å². The number of hydrogen-bond donors (Lipinski definition) is 0. The van der Waals surface area contributed by atoms with Gasteiger partial charge in [-0.3, -0.25) is 4.79 Å². The molecule has 0 saturated heterocycles. The highest BCUT2D eigenvalue weighted by Crippen LogP contribution is 2.28. The molecule has 0 amide bonds. The molecule has 2 aromatic rings. The average molecular weight is 314 g/mol. The van der Waals surface area contributed by atoms with Crippen LogP contribution in [0.15, 0.2) is 48.5 Å². The lowest BCUT2D eigenvalue weighted by Gasteiger charge is -2.09. The van der Waals surface area contributed by atoms with E-state index in [1.165, 1.54) is 42.5 Å². The van der Waals surface area contributed by atoms with Crippen LogP contribution in [0.2, 0.25) is 0 Å². The Morgan fingerprint density at radius 1 is 1.09 bits per heavy atom. The van der Waals surface area contributed by atoms with Crippen molar-refractivity contribution < 1.29 is 23.5 Å². The molecule has 0 spiro atoms. The van der Waals surface area contributed by atoms with Gasteiger partial charge in [0.05, 0.1) is 6.61 Å². The van der Waals surface area contributed by atoms with Gasteiger partial charge in [0, 0.05) is 11.6 Å². The van der Waals surface area contributed by atoms with Gasteiger partial charge in [-0.15, -0.1) is 0 Å². The topological polar surface area (TPSA) is 52.6 Å². The number of ether oxygens (including phenoxy) is 2. The van der Waals surface area contributed by atoms with Gasteiger partial charge in [0.1, 0.15) is 12.1 Å². The predicted octanol–water partition coefficient (Wildman–Crippen LogP) is 3.66. The number of aldehydes is 1. The van der Waals surface area contributed by atoms with Crippen LogP contribution in [0.25, 0.3) is 6.08 Å². The Kier molecular flexibility index (Phi) is 5.63. The van der Waals surface area contributed by atoms with Gasteiger partial charge < -0.3 is 9.47 Å². The van der Waals surface area contributed by atoms with Crippen molar-refractivity contribution in [1.82, 2.24) is 0 Å². The van der Waals surface area contributed by atoms with Crippen molar-refractivity contribution in [3.63, 3.8) is 0 Å². The zero-order chi connectivity index (χ0) is 16.7. The number of benzene rings is 2. The summed E-state index contributed by atoms with van der Waals surface area (Å²) in [4.78, 5) is 22.6. The highest BCUT2D eigenvalue weighted by Gasteiger charge is 2.09. The highest BCUT2D eigenvalue weighted by atomic mass is 19.1. The smallest absolute Gasteiger partial charge is 0.336 e. The molecule has 0 N–H and O–H groups in total. The van der Waals surface area contributed by atoms with E-state index in [9.17, 15) is 14.0 Å². The van der Waals surface area contributed by atoms with E-state index in [4.69, 9.17) is 9.47 Å². The molecule has 0 radical (unpaired) electrons. The molecular weight excluding hydrogens is 299 g/mol. The molecule has 0 aliphatic carbocycles. The third-order valence-electron chi connectivity index (χ3n) is 2.90. The summed E-state index contributed by atoms with van der Waals surface area (Å²) in [5.74, 6) is -0.401. The second kappa shape index (κ2) is 7.89. The van der Waals surface area contributed by atoms with Crippen molar-refractivity contribution in [2.75, 3.05) is 6.61 Å². The molecule has 0 aliphatic rings. The first-order valence-electron chi connectivity index (χ1n) is 7.00. The van der Waals surface area contributed by atoms with Crippen molar-refractivity contribution >= 4 is 18.3 Å². The van der Waals surface area contributed by atoms with Crippen molar-refractivity contribution in [2.45, 2.75) is 6.92 Å². The fourth-order valence-electron chi connectivity index (χ4n) is 1.83. The zero-order valence-corrected chi connectivity index (χ0v) is 12.5. The minimum Gasteiger partial charge on any atom is -0.490 e. The van der Waals surface area contributed by atoms with Gasteiger partial charge >= 0.3 is 5.97 Å². The van der Waals surface area contributed by atoms with Crippen LogP contribution >= 0.6 is 0 Å². The number of halogens is 1. The van der Waals surface area contributed by atoms with Crippen molar-refractivity contribution in [3.05, 3.63) is 65.5 Å². The number of carbonyl (C=O) groups is 2. The summed E-state index contributed by atoms with van der Waals surface area (Å²) >= 11 is 0. The molecule has 2 aromatic carbocycles. The normalized spacial score (nSPS) is 10.5. The lowest BCUT2D eigenvalue weighted by molar-refractivity contribution is -0.129. The first-order valence-corrected chi connectivity index (χ1v) is 7.00. The van der Waals surface area contributed by atoms with Gasteiger partial charge in [0.25, 0.3) is 0 Å². The van der Waals surface area contributed by atoms with Crippen LogP contribution in [0.1, 0.15) is 22.8 Å². The van der Waals surface area contributed by atoms with E-state index in [0.29, 0.717) is 29.8 Å². The van der Waals surface area contributed by atoms with Crippen LogP contribution in [0, 0.1) is 5.82 Å². The van der Waals surface area contributed by atoms with E-state index < -0.39 is 5.97 Å². The van der Waals surface area contributed by atoms with E-state index in [0.717, 1.165) is 0 Å². The van der Waals surface area contributed by atoms with E-state index in [-0.39, 0.29) is 11.6 Å². The van der Waals surface area contributed by atoms with Gasteiger partial charge in [-0.25, -0.2) is 9.18 Å². The molecule has 0 aromatic heterocycles. The molecule has 0 fully saturated rings. The van der Waals surface area contributed by atoms with Crippen LogP contribution in [-0.2, 0) is 4.79 Å². The van der Waals surface area contributed by atoms with Gasteiger partial charge in [-0.1, -0.05) is 12.1 Å². The van der Waals surface area contributed by atoms with E-state index >= 15 is 0 Å². The summed E-state index contributed by atoms with van der Waals surface area (Å²) in [6.45, 7) is 2.16. The number of rotatable bonds is 6. The first-order chi connectivity index (χ1) is 11.1. The predicted molar refractivity (Wildman–Crippen MR) is 84.1 cm³/mol. The standard InChI is InChI=1S/C18H15FO4/c1-2-22-17-11-14(12-20)5-9-16(17)23-18(21)10-6-13-3-7-15(19)8-4-13/h3-12H,2H2,1H3/b10-6+. The fourth-order valence-corrected chi connectivity index (χ4v) is 1.83. The Labute approximate surface area is 133 Å². The molecule has 118 valence electrons. The Hall–Kier alpha value is -2.95. The largest absolute Gasteiger partial charge is 0.490 e. The second-order valence-corrected chi connectivity index (χ2v) is 4.56. The summed E-state index contributed by atoms with van der Waals surface area (Å²) < 4.78 is 23.4. The van der Waals surface area contributed by atoms with Crippen molar-refractivity contribution in [1.29, 1.82) is 0 Å². The lowest BCUT2D eigenvalue weighted by Crippen LogP contribution is -2.06. The molecule has 23 heavy (non-hydrogen) atoms. The van der Waals surface area contributed by atoms with Crippen LogP contribution in [-0.4, -0.2) is 18.9 Å². The average Bonchev–Trinajstić information content (AvgIpc) is 2.56. The number of esters is 1. The van der Waals surface area contributed by atoms with Crippen LogP contribution in [0.5, 0.6) is 11.5 Å². The van der Waals surface area contributed by atoms with Crippen molar-refractivity contribution in [3.8, 4) is 11.5 Å². The van der Waals surface area contributed by atoms with Gasteiger partial charge in [-0.05, 0) is 48.9 Å². The summed E-state index contributed by atoms with van der Waals surface area (Å²) in [5, 5.41) is 0. The Morgan fingerprint density at radius 3 is 2.43 bits per heavy atom. The maximum absolute atomic E-state index is 12.8. The molecular formula is C18H15FO4. The lowest BCUT2D eigenvalue weighted by atomic mass is 10.2. The maximum atomic E-state index is 12.8. The molecule has 0 atom stereocenters. The third-order valence-corrected chi connectivity index (χ3v) is 2.90. The van der Waals surface area contributed by atoms with Gasteiger partial charge in [0.2, 0.25) is 0 Å². The minimum absolute atomic E-state index is 0.228. The Bertz CT molecular complexity index is 720. The monoisotopic (exact) mass is 314 g/mol. The minimum atomic E-state index is -0.603. The quantitative estimate of drug-likeness (QED) is 0.353. The van der Waals surface area contributed by atoms with Crippen molar-refractivity contribution in [2.24, 2.45) is 0 Å². The first kappa shape index (κ1) is 16.4. The van der Waals surface area contributed by atoms with E-state index in [1.807, 2.05) is 0 Å². The Morgan fingerprint density at radius 2 is 1.78 bits per heavy atom.